The summed E-state index contributed by atoms with van der Waals surface area (Å²) in [7, 11) is 0. The number of hydrogen-bond acceptors (Lipinski definition) is 3. The van der Waals surface area contributed by atoms with Crippen LogP contribution in [0.25, 0.3) is 10.9 Å². The predicted molar refractivity (Wildman–Crippen MR) is 85.8 cm³/mol. The molecule has 3 rings (SSSR count). The van der Waals surface area contributed by atoms with E-state index >= 15 is 0 Å². The van der Waals surface area contributed by atoms with Crippen LogP contribution in [-0.2, 0) is 11.3 Å². The molecule has 0 radical (unpaired) electrons. The van der Waals surface area contributed by atoms with Gasteiger partial charge in [-0.05, 0) is 31.9 Å². The monoisotopic (exact) mass is 299 g/mol. The molecule has 1 aromatic carbocycles. The van der Waals surface area contributed by atoms with Crippen LogP contribution in [0.2, 0.25) is 0 Å². The highest BCUT2D eigenvalue weighted by Crippen LogP contribution is 2.17. The molecule has 0 spiro atoms. The van der Waals surface area contributed by atoms with E-state index in [-0.39, 0.29) is 24.1 Å². The van der Waals surface area contributed by atoms with Gasteiger partial charge in [-0.25, -0.2) is 4.98 Å². The predicted octanol–water partition coefficient (Wildman–Crippen LogP) is 2.15. The van der Waals surface area contributed by atoms with E-state index in [0.29, 0.717) is 16.7 Å². The van der Waals surface area contributed by atoms with Gasteiger partial charge in [0.25, 0.3) is 5.56 Å². The van der Waals surface area contributed by atoms with Gasteiger partial charge in [-0.3, -0.25) is 14.2 Å². The number of benzene rings is 1. The molecule has 0 aliphatic heterocycles. The summed E-state index contributed by atoms with van der Waals surface area (Å²) in [6.07, 6.45) is 5.66. The van der Waals surface area contributed by atoms with Crippen molar-refractivity contribution in [3.63, 3.8) is 0 Å². The first kappa shape index (κ1) is 14.8. The number of carbonyl (C=O) groups is 1. The Hall–Kier alpha value is -2.17. The molecular weight excluding hydrogens is 278 g/mol. The molecule has 0 bridgehead atoms. The van der Waals surface area contributed by atoms with Crippen molar-refractivity contribution in [3.8, 4) is 0 Å². The fourth-order valence-electron chi connectivity index (χ4n) is 3.13. The summed E-state index contributed by atoms with van der Waals surface area (Å²) in [6.45, 7) is 1.81. The molecule has 5 heteroatoms. The van der Waals surface area contributed by atoms with E-state index in [0.717, 1.165) is 12.8 Å². The van der Waals surface area contributed by atoms with Gasteiger partial charge in [0.2, 0.25) is 5.91 Å². The maximum atomic E-state index is 12.5. The second-order valence-electron chi connectivity index (χ2n) is 5.97. The van der Waals surface area contributed by atoms with Crippen molar-refractivity contribution in [2.24, 2.45) is 0 Å². The minimum absolute atomic E-state index is 0.0407. The fourth-order valence-corrected chi connectivity index (χ4v) is 3.13. The number of nitrogens with zero attached hydrogens (tertiary/aromatic N) is 2. The Morgan fingerprint density at radius 3 is 2.77 bits per heavy atom. The van der Waals surface area contributed by atoms with Crippen molar-refractivity contribution < 1.29 is 4.79 Å². The maximum absolute atomic E-state index is 12.5. The molecule has 5 nitrogen and oxygen atoms in total. The molecule has 1 saturated carbocycles. The van der Waals surface area contributed by atoms with Gasteiger partial charge in [0.1, 0.15) is 12.4 Å². The number of aryl methyl sites for hydroxylation is 1. The van der Waals surface area contributed by atoms with E-state index < -0.39 is 0 Å². The Morgan fingerprint density at radius 2 is 2.00 bits per heavy atom. The van der Waals surface area contributed by atoms with Crippen molar-refractivity contribution in [3.05, 3.63) is 40.4 Å². The summed E-state index contributed by atoms with van der Waals surface area (Å²) in [5, 5.41) is 3.60. The Kier molecular flexibility index (Phi) is 4.22. The second kappa shape index (κ2) is 6.30. The Morgan fingerprint density at radius 1 is 1.27 bits per heavy atom. The third-order valence-corrected chi connectivity index (χ3v) is 4.32. The topological polar surface area (TPSA) is 64.0 Å². The van der Waals surface area contributed by atoms with E-state index in [2.05, 4.69) is 10.3 Å². The lowest BCUT2D eigenvalue weighted by Crippen LogP contribution is -2.40. The van der Waals surface area contributed by atoms with Gasteiger partial charge < -0.3 is 5.32 Å². The molecule has 1 fully saturated rings. The van der Waals surface area contributed by atoms with Crippen LogP contribution in [0, 0.1) is 6.92 Å². The van der Waals surface area contributed by atoms with E-state index in [4.69, 9.17) is 0 Å². The molecule has 1 aromatic heterocycles. The van der Waals surface area contributed by atoms with Crippen LogP contribution < -0.4 is 10.9 Å². The van der Waals surface area contributed by atoms with Crippen LogP contribution in [0.5, 0.6) is 0 Å². The van der Waals surface area contributed by atoms with Gasteiger partial charge >= 0.3 is 0 Å². The lowest BCUT2D eigenvalue weighted by Gasteiger charge is -2.23. The van der Waals surface area contributed by atoms with E-state index in [9.17, 15) is 9.59 Å². The molecule has 116 valence electrons. The summed E-state index contributed by atoms with van der Waals surface area (Å²) >= 11 is 0. The van der Waals surface area contributed by atoms with E-state index in [1.165, 1.54) is 23.8 Å². The lowest BCUT2D eigenvalue weighted by atomic mass is 9.95. The maximum Gasteiger partial charge on any atom is 0.261 e. The van der Waals surface area contributed by atoms with Crippen molar-refractivity contribution in [1.29, 1.82) is 0 Å². The zero-order valence-corrected chi connectivity index (χ0v) is 12.8. The van der Waals surface area contributed by atoms with Crippen LogP contribution in [0.15, 0.2) is 29.1 Å². The first-order chi connectivity index (χ1) is 10.6. The SMILES string of the molecule is Cc1nc2ccccc2c(=O)n1CC(=O)NC1CCCCC1. The molecule has 22 heavy (non-hydrogen) atoms. The minimum atomic E-state index is -0.151. The molecule has 0 saturated heterocycles. The molecule has 0 unspecified atom stereocenters. The molecule has 1 N–H and O–H groups in total. The Balaban J connectivity index is 1.81. The molecule has 0 atom stereocenters. The van der Waals surface area contributed by atoms with E-state index in [1.807, 2.05) is 18.2 Å². The van der Waals surface area contributed by atoms with Crippen molar-refractivity contribution in [1.82, 2.24) is 14.9 Å². The van der Waals surface area contributed by atoms with Crippen LogP contribution >= 0.6 is 0 Å². The lowest BCUT2D eigenvalue weighted by molar-refractivity contribution is -0.122. The van der Waals surface area contributed by atoms with Crippen molar-refractivity contribution >= 4 is 16.8 Å². The third kappa shape index (κ3) is 3.03. The highest BCUT2D eigenvalue weighted by atomic mass is 16.2. The number of hydrogen-bond donors (Lipinski definition) is 1. The summed E-state index contributed by atoms with van der Waals surface area (Å²) in [5.41, 5.74) is 0.524. The zero-order chi connectivity index (χ0) is 15.5. The van der Waals surface area contributed by atoms with Gasteiger partial charge in [-0.1, -0.05) is 31.4 Å². The Bertz CT molecular complexity index is 745. The number of carbonyl (C=O) groups excluding carboxylic acids is 1. The third-order valence-electron chi connectivity index (χ3n) is 4.32. The van der Waals surface area contributed by atoms with Gasteiger partial charge in [0.05, 0.1) is 10.9 Å². The molecule has 1 amide bonds. The summed E-state index contributed by atoms with van der Waals surface area (Å²) in [5.74, 6) is 0.469. The number of fused-ring (bicyclic) bond motifs is 1. The van der Waals surface area contributed by atoms with Crippen molar-refractivity contribution in [2.75, 3.05) is 0 Å². The van der Waals surface area contributed by atoms with Crippen LogP contribution in [0.4, 0.5) is 0 Å². The molecule has 1 heterocycles. The summed E-state index contributed by atoms with van der Waals surface area (Å²) < 4.78 is 1.46. The summed E-state index contributed by atoms with van der Waals surface area (Å²) in [4.78, 5) is 29.2. The fraction of sp³-hybridized carbons (Fsp3) is 0.471. The average Bonchev–Trinajstić information content (AvgIpc) is 2.52. The normalized spacial score (nSPS) is 15.9. The average molecular weight is 299 g/mol. The highest BCUT2D eigenvalue weighted by Gasteiger charge is 2.17. The highest BCUT2D eigenvalue weighted by molar-refractivity contribution is 5.79. The van der Waals surface area contributed by atoms with E-state index in [1.54, 1.807) is 13.0 Å². The molecule has 1 aliphatic rings. The summed E-state index contributed by atoms with van der Waals surface area (Å²) in [6, 6.07) is 7.49. The van der Waals surface area contributed by atoms with Gasteiger partial charge in [0, 0.05) is 6.04 Å². The zero-order valence-electron chi connectivity index (χ0n) is 12.8. The second-order valence-corrected chi connectivity index (χ2v) is 5.97. The van der Waals surface area contributed by atoms with Gasteiger partial charge in [0.15, 0.2) is 0 Å². The van der Waals surface area contributed by atoms with Gasteiger partial charge in [-0.15, -0.1) is 0 Å². The number of para-hydroxylation sites is 1. The number of aromatic nitrogens is 2. The van der Waals surface area contributed by atoms with Gasteiger partial charge in [-0.2, -0.15) is 0 Å². The number of nitrogens with one attached hydrogen (secondary N) is 1. The minimum Gasteiger partial charge on any atom is -0.352 e. The molecular formula is C17H21N3O2. The van der Waals surface area contributed by atoms with Crippen LogP contribution in [0.3, 0.4) is 0 Å². The van der Waals surface area contributed by atoms with Crippen molar-refractivity contribution in [2.45, 2.75) is 51.6 Å². The Labute approximate surface area is 129 Å². The molecule has 1 aliphatic carbocycles. The smallest absolute Gasteiger partial charge is 0.261 e. The first-order valence-corrected chi connectivity index (χ1v) is 7.90. The quantitative estimate of drug-likeness (QED) is 0.944. The number of amides is 1. The van der Waals surface area contributed by atoms with Crippen LogP contribution in [-0.4, -0.2) is 21.5 Å². The standard InChI is InChI=1S/C17H21N3O2/c1-12-18-15-10-6-5-9-14(15)17(22)20(12)11-16(21)19-13-7-3-2-4-8-13/h5-6,9-10,13H,2-4,7-8,11H2,1H3,(H,19,21). The first-order valence-electron chi connectivity index (χ1n) is 7.90. The number of rotatable bonds is 3. The van der Waals surface area contributed by atoms with Crippen LogP contribution in [0.1, 0.15) is 37.9 Å². The largest absolute Gasteiger partial charge is 0.352 e. The molecule has 2 aromatic rings.